The van der Waals surface area contributed by atoms with Crippen LogP contribution in [0.2, 0.25) is 0 Å². The number of aliphatic hydroxyl groups is 1. The molecule has 0 saturated heterocycles. The Morgan fingerprint density at radius 1 is 1.21 bits per heavy atom. The number of aryl methyl sites for hydroxylation is 2. The van der Waals surface area contributed by atoms with Crippen LogP contribution in [0.4, 0.5) is 11.5 Å². The van der Waals surface area contributed by atoms with Crippen LogP contribution in [0.25, 0.3) is 0 Å². The summed E-state index contributed by atoms with van der Waals surface area (Å²) in [6, 6.07) is 7.88. The Bertz CT molecular complexity index is 825. The number of carbonyl (C=O) groups is 1. The zero-order chi connectivity index (χ0) is 21.4. The Morgan fingerprint density at radius 2 is 1.90 bits per heavy atom. The molecule has 8 heteroatoms. The molecule has 0 aliphatic carbocycles. The summed E-state index contributed by atoms with van der Waals surface area (Å²) in [6.45, 7) is 6.92. The number of likely N-dealkylation sites (N-methyl/N-ethyl adjacent to an activating group) is 1. The molecule has 2 rings (SSSR count). The number of aliphatic hydroxyl groups excluding tert-OH is 1. The van der Waals surface area contributed by atoms with Crippen molar-refractivity contribution in [1.29, 1.82) is 0 Å². The Morgan fingerprint density at radius 3 is 2.52 bits per heavy atom. The minimum atomic E-state index is -1.22. The van der Waals surface area contributed by atoms with Crippen molar-refractivity contribution in [2.45, 2.75) is 45.8 Å². The number of rotatable bonds is 10. The summed E-state index contributed by atoms with van der Waals surface area (Å²) in [4.78, 5) is 20.8. The van der Waals surface area contributed by atoms with Gasteiger partial charge in [-0.3, -0.25) is 4.79 Å². The zero-order valence-electron chi connectivity index (χ0n) is 17.6. The summed E-state index contributed by atoms with van der Waals surface area (Å²) < 4.78 is 0. The molecule has 2 aromatic rings. The number of hydrogen-bond donors (Lipinski definition) is 5. The molecule has 1 heterocycles. The maximum atomic E-state index is 11.7. The maximum absolute atomic E-state index is 11.7. The molecule has 1 aromatic carbocycles. The highest BCUT2D eigenvalue weighted by atomic mass is 16.3. The van der Waals surface area contributed by atoms with Crippen LogP contribution in [0.3, 0.4) is 0 Å². The van der Waals surface area contributed by atoms with Gasteiger partial charge in [0.1, 0.15) is 11.9 Å². The molecule has 0 saturated carbocycles. The molecule has 6 N–H and O–H groups in total. The molecule has 0 spiro atoms. The molecule has 0 aliphatic heterocycles. The fraction of sp³-hybridized carbons (Fsp3) is 0.476. The summed E-state index contributed by atoms with van der Waals surface area (Å²) in [5.74, 6) is 0.562. The molecule has 1 aromatic heterocycles. The van der Waals surface area contributed by atoms with E-state index in [1.54, 1.807) is 7.05 Å². The van der Waals surface area contributed by atoms with Gasteiger partial charge in [0.05, 0.1) is 17.9 Å². The Kier molecular flexibility index (Phi) is 8.50. The largest absolute Gasteiger partial charge is 0.373 e. The summed E-state index contributed by atoms with van der Waals surface area (Å²) in [6.07, 6.45) is 0.253. The first-order valence-electron chi connectivity index (χ1n) is 10.0. The van der Waals surface area contributed by atoms with Gasteiger partial charge in [0.15, 0.2) is 5.82 Å². The molecule has 8 nitrogen and oxygen atoms in total. The van der Waals surface area contributed by atoms with E-state index in [2.05, 4.69) is 32.8 Å². The first-order chi connectivity index (χ1) is 13.9. The van der Waals surface area contributed by atoms with E-state index in [1.807, 2.05) is 38.1 Å². The fourth-order valence-corrected chi connectivity index (χ4v) is 3.05. The Hall–Kier alpha value is -2.55. The number of nitrogens with one attached hydrogen (secondary N) is 3. The Labute approximate surface area is 172 Å². The quantitative estimate of drug-likeness (QED) is 0.385. The summed E-state index contributed by atoms with van der Waals surface area (Å²) in [5.41, 5.74) is 9.67. The number of hydrogen-bond acceptors (Lipinski definition) is 7. The standard InChI is InChI=1S/C21H32N6O2/c1-5-16-17(6-2)27-21(19(26-16)20(22)29)25-15-9-7-8-14(10-15)13(3)11-24-18(28)12-23-4/h7-10,13,20,23,29H,5-6,11-12,22H2,1-4H3,(H,24,28)(H,25,27)/t13-,20?/m0/s1. The second kappa shape index (κ2) is 10.8. The van der Waals surface area contributed by atoms with Crippen LogP contribution in [-0.4, -0.2) is 41.1 Å². The van der Waals surface area contributed by atoms with Crippen LogP contribution in [0, 0.1) is 0 Å². The van der Waals surface area contributed by atoms with Crippen molar-refractivity contribution in [3.63, 3.8) is 0 Å². The number of amides is 1. The predicted molar refractivity (Wildman–Crippen MR) is 115 cm³/mol. The van der Waals surface area contributed by atoms with Crippen molar-refractivity contribution in [2.75, 3.05) is 25.5 Å². The van der Waals surface area contributed by atoms with Crippen molar-refractivity contribution in [2.24, 2.45) is 5.73 Å². The molecule has 158 valence electrons. The topological polar surface area (TPSA) is 125 Å². The monoisotopic (exact) mass is 400 g/mol. The van der Waals surface area contributed by atoms with E-state index >= 15 is 0 Å². The van der Waals surface area contributed by atoms with Crippen molar-refractivity contribution < 1.29 is 9.90 Å². The highest BCUT2D eigenvalue weighted by Gasteiger charge is 2.17. The van der Waals surface area contributed by atoms with Gasteiger partial charge in [-0.1, -0.05) is 32.9 Å². The average molecular weight is 401 g/mol. The number of aromatic nitrogens is 2. The summed E-state index contributed by atoms with van der Waals surface area (Å²) >= 11 is 0. The van der Waals surface area contributed by atoms with E-state index in [1.165, 1.54) is 0 Å². The van der Waals surface area contributed by atoms with Gasteiger partial charge in [0, 0.05) is 12.2 Å². The smallest absolute Gasteiger partial charge is 0.233 e. The van der Waals surface area contributed by atoms with Gasteiger partial charge in [-0.05, 0) is 43.5 Å². The molecule has 1 amide bonds. The van der Waals surface area contributed by atoms with Gasteiger partial charge in [0.25, 0.3) is 0 Å². The second-order valence-electron chi connectivity index (χ2n) is 6.99. The van der Waals surface area contributed by atoms with E-state index in [4.69, 9.17) is 5.73 Å². The van der Waals surface area contributed by atoms with Gasteiger partial charge >= 0.3 is 0 Å². The molecule has 29 heavy (non-hydrogen) atoms. The summed E-state index contributed by atoms with van der Waals surface area (Å²) in [7, 11) is 1.74. The molecule has 1 unspecified atom stereocenters. The fourth-order valence-electron chi connectivity index (χ4n) is 3.05. The number of nitrogens with zero attached hydrogens (tertiary/aromatic N) is 2. The van der Waals surface area contributed by atoms with Crippen molar-refractivity contribution in [3.8, 4) is 0 Å². The molecule has 2 atom stereocenters. The van der Waals surface area contributed by atoms with Crippen LogP contribution in [0.15, 0.2) is 24.3 Å². The Balaban J connectivity index is 2.22. The SMILES string of the molecule is CCc1nc(Nc2cccc([C@@H](C)CNC(=O)CNC)c2)c(C(N)O)nc1CC. The first-order valence-corrected chi connectivity index (χ1v) is 10.0. The maximum Gasteiger partial charge on any atom is 0.233 e. The van der Waals surface area contributed by atoms with Gasteiger partial charge in [0.2, 0.25) is 5.91 Å². The molecular formula is C21H32N6O2. The van der Waals surface area contributed by atoms with Crippen LogP contribution in [0.5, 0.6) is 0 Å². The average Bonchev–Trinajstić information content (AvgIpc) is 2.71. The third kappa shape index (κ3) is 6.22. The predicted octanol–water partition coefficient (Wildman–Crippen LogP) is 1.73. The van der Waals surface area contributed by atoms with Crippen LogP contribution in [0.1, 0.15) is 55.6 Å². The van der Waals surface area contributed by atoms with Gasteiger partial charge in [-0.15, -0.1) is 0 Å². The van der Waals surface area contributed by atoms with E-state index in [-0.39, 0.29) is 11.8 Å². The van der Waals surface area contributed by atoms with Crippen molar-refractivity contribution >= 4 is 17.4 Å². The van der Waals surface area contributed by atoms with Crippen LogP contribution >= 0.6 is 0 Å². The molecule has 0 bridgehead atoms. The third-order valence-corrected chi connectivity index (χ3v) is 4.69. The van der Waals surface area contributed by atoms with Crippen molar-refractivity contribution in [1.82, 2.24) is 20.6 Å². The highest BCUT2D eigenvalue weighted by Crippen LogP contribution is 2.25. The third-order valence-electron chi connectivity index (χ3n) is 4.69. The van der Waals surface area contributed by atoms with Crippen LogP contribution < -0.4 is 21.7 Å². The first kappa shape index (κ1) is 22.7. The number of anilines is 2. The van der Waals surface area contributed by atoms with Gasteiger partial charge < -0.3 is 26.8 Å². The van der Waals surface area contributed by atoms with Crippen LogP contribution in [-0.2, 0) is 17.6 Å². The molecule has 0 radical (unpaired) electrons. The minimum absolute atomic E-state index is 0.0337. The van der Waals surface area contributed by atoms with E-state index in [9.17, 15) is 9.90 Å². The van der Waals surface area contributed by atoms with E-state index < -0.39 is 6.23 Å². The molecule has 0 fully saturated rings. The number of carbonyl (C=O) groups excluding carboxylic acids is 1. The lowest BCUT2D eigenvalue weighted by Crippen LogP contribution is -2.34. The highest BCUT2D eigenvalue weighted by molar-refractivity contribution is 5.78. The second-order valence-corrected chi connectivity index (χ2v) is 6.99. The normalized spacial score (nSPS) is 13.0. The lowest BCUT2D eigenvalue weighted by Gasteiger charge is -2.18. The number of nitrogens with two attached hydrogens (primary N) is 1. The number of benzene rings is 1. The molecular weight excluding hydrogens is 368 g/mol. The van der Waals surface area contributed by atoms with Gasteiger partial charge in [-0.25, -0.2) is 9.97 Å². The lowest BCUT2D eigenvalue weighted by molar-refractivity contribution is -0.120. The molecule has 0 aliphatic rings. The lowest BCUT2D eigenvalue weighted by atomic mass is 10.0. The van der Waals surface area contributed by atoms with Crippen molar-refractivity contribution in [3.05, 3.63) is 46.9 Å². The zero-order valence-corrected chi connectivity index (χ0v) is 17.6. The van der Waals surface area contributed by atoms with E-state index in [0.717, 1.165) is 35.5 Å². The summed E-state index contributed by atoms with van der Waals surface area (Å²) in [5, 5.41) is 19.0. The van der Waals surface area contributed by atoms with E-state index in [0.29, 0.717) is 24.6 Å². The minimum Gasteiger partial charge on any atom is -0.373 e. The van der Waals surface area contributed by atoms with Gasteiger partial charge in [-0.2, -0.15) is 0 Å².